The molecule has 0 atom stereocenters. The van der Waals surface area contributed by atoms with Gasteiger partial charge in [0.1, 0.15) is 5.75 Å². The lowest BCUT2D eigenvalue weighted by atomic mass is 10.0. The van der Waals surface area contributed by atoms with E-state index in [-0.39, 0.29) is 18.0 Å². The van der Waals surface area contributed by atoms with Gasteiger partial charge in [-0.2, -0.15) is 0 Å². The molecule has 0 spiro atoms. The third kappa shape index (κ3) is 9.72. The maximum absolute atomic E-state index is 12.3. The number of ether oxygens (including phenoxy) is 1. The lowest BCUT2D eigenvalue weighted by Crippen LogP contribution is -2.46. The Morgan fingerprint density at radius 1 is 1.03 bits per heavy atom. The Hall–Kier alpha value is -2.74. The van der Waals surface area contributed by atoms with Gasteiger partial charge in [0.05, 0.1) is 17.2 Å². The van der Waals surface area contributed by atoms with E-state index in [0.717, 1.165) is 68.7 Å². The van der Waals surface area contributed by atoms with Gasteiger partial charge in [-0.25, -0.2) is 4.79 Å². The number of hydrogen-bond acceptors (Lipinski definition) is 4. The summed E-state index contributed by atoms with van der Waals surface area (Å²) >= 11 is 11.9. The number of amides is 3. The Kier molecular flexibility index (Phi) is 11.4. The van der Waals surface area contributed by atoms with Crippen LogP contribution in [0.1, 0.15) is 37.7 Å². The van der Waals surface area contributed by atoms with E-state index in [1.54, 1.807) is 25.3 Å². The number of nitrogens with zero attached hydrogens (tertiary/aromatic N) is 1. The zero-order valence-electron chi connectivity index (χ0n) is 20.6. The third-order valence-electron chi connectivity index (χ3n) is 6.09. The van der Waals surface area contributed by atoms with Crippen molar-refractivity contribution in [2.75, 3.05) is 38.6 Å². The van der Waals surface area contributed by atoms with E-state index >= 15 is 0 Å². The molecular weight excluding hydrogens is 499 g/mol. The SMILES string of the molecule is COc1ccc(NC(=O)NC2CCN(CCCCCNC(=O)/C=C/c3ccc(Cl)c(Cl)c3)CC2)cc1. The van der Waals surface area contributed by atoms with E-state index in [4.69, 9.17) is 27.9 Å². The summed E-state index contributed by atoms with van der Waals surface area (Å²) < 4.78 is 5.13. The topological polar surface area (TPSA) is 82.7 Å². The molecule has 0 aliphatic carbocycles. The standard InChI is InChI=1S/C27H34Cl2N4O3/c1-36-23-9-7-21(8-10-23)31-27(35)32-22-13-17-33(18-14-22)16-4-2-3-15-30-26(34)12-6-20-5-11-24(28)25(29)19-20/h5-12,19,22H,2-4,13-18H2,1H3,(H,30,34)(H2,31,32,35)/b12-6+. The fourth-order valence-corrected chi connectivity index (χ4v) is 4.33. The van der Waals surface area contributed by atoms with Crippen LogP contribution in [-0.4, -0.2) is 56.2 Å². The number of hydrogen-bond donors (Lipinski definition) is 3. The highest BCUT2D eigenvalue weighted by molar-refractivity contribution is 6.42. The van der Waals surface area contributed by atoms with Crippen molar-refractivity contribution in [3.63, 3.8) is 0 Å². The second-order valence-electron chi connectivity index (χ2n) is 8.80. The molecule has 0 aromatic heterocycles. The number of urea groups is 1. The van der Waals surface area contributed by atoms with E-state index in [1.165, 1.54) is 6.08 Å². The average molecular weight is 534 g/mol. The number of likely N-dealkylation sites (tertiary alicyclic amines) is 1. The first-order valence-electron chi connectivity index (χ1n) is 12.3. The van der Waals surface area contributed by atoms with Crippen molar-refractivity contribution in [3.8, 4) is 5.75 Å². The number of carbonyl (C=O) groups excluding carboxylic acids is 2. The van der Waals surface area contributed by atoms with Gasteiger partial charge in [-0.05, 0) is 80.3 Å². The Labute approximate surface area is 223 Å². The summed E-state index contributed by atoms with van der Waals surface area (Å²) in [4.78, 5) is 26.7. The third-order valence-corrected chi connectivity index (χ3v) is 6.83. The molecule has 3 rings (SSSR count). The van der Waals surface area contributed by atoms with Crippen LogP contribution in [0.5, 0.6) is 5.75 Å². The van der Waals surface area contributed by atoms with Crippen LogP contribution in [0.25, 0.3) is 6.08 Å². The maximum atomic E-state index is 12.3. The monoisotopic (exact) mass is 532 g/mol. The molecule has 3 amide bonds. The molecule has 2 aromatic rings. The summed E-state index contributed by atoms with van der Waals surface area (Å²) in [6.45, 7) is 3.64. The molecule has 1 saturated heterocycles. The fourth-order valence-electron chi connectivity index (χ4n) is 4.02. The maximum Gasteiger partial charge on any atom is 0.319 e. The summed E-state index contributed by atoms with van der Waals surface area (Å²) in [6.07, 6.45) is 8.20. The van der Waals surface area contributed by atoms with E-state index in [1.807, 2.05) is 30.3 Å². The Morgan fingerprint density at radius 3 is 2.47 bits per heavy atom. The van der Waals surface area contributed by atoms with Crippen LogP contribution in [0.4, 0.5) is 10.5 Å². The minimum absolute atomic E-state index is 0.119. The van der Waals surface area contributed by atoms with Crippen molar-refractivity contribution >= 4 is 46.9 Å². The summed E-state index contributed by atoms with van der Waals surface area (Å²) in [7, 11) is 1.61. The first-order chi connectivity index (χ1) is 17.4. The molecular formula is C27H34Cl2N4O3. The zero-order valence-corrected chi connectivity index (χ0v) is 22.1. The highest BCUT2D eigenvalue weighted by atomic mass is 35.5. The highest BCUT2D eigenvalue weighted by Gasteiger charge is 2.20. The molecule has 0 unspecified atom stereocenters. The van der Waals surface area contributed by atoms with Crippen LogP contribution in [0.2, 0.25) is 10.0 Å². The van der Waals surface area contributed by atoms with Crippen LogP contribution in [0.3, 0.4) is 0 Å². The summed E-state index contributed by atoms with van der Waals surface area (Å²) in [5, 5.41) is 9.82. The molecule has 194 valence electrons. The van der Waals surface area contributed by atoms with Gasteiger partial charge < -0.3 is 25.6 Å². The predicted molar refractivity (Wildman–Crippen MR) is 147 cm³/mol. The second-order valence-corrected chi connectivity index (χ2v) is 9.62. The number of unbranched alkanes of at least 4 members (excludes halogenated alkanes) is 2. The Balaban J connectivity index is 1.22. The number of benzene rings is 2. The number of anilines is 1. The van der Waals surface area contributed by atoms with E-state index < -0.39 is 0 Å². The normalized spacial score (nSPS) is 14.5. The molecule has 2 aromatic carbocycles. The lowest BCUT2D eigenvalue weighted by Gasteiger charge is -2.32. The van der Waals surface area contributed by atoms with Gasteiger partial charge in [0.25, 0.3) is 0 Å². The van der Waals surface area contributed by atoms with Crippen LogP contribution < -0.4 is 20.7 Å². The smallest absolute Gasteiger partial charge is 0.319 e. The van der Waals surface area contributed by atoms with Gasteiger partial charge in [-0.3, -0.25) is 4.79 Å². The molecule has 1 fully saturated rings. The van der Waals surface area contributed by atoms with Gasteiger partial charge in [0, 0.05) is 37.4 Å². The first-order valence-corrected chi connectivity index (χ1v) is 13.0. The van der Waals surface area contributed by atoms with Crippen molar-refractivity contribution < 1.29 is 14.3 Å². The second kappa shape index (κ2) is 14.7. The quantitative estimate of drug-likeness (QED) is 0.260. The number of rotatable bonds is 11. The van der Waals surface area contributed by atoms with Gasteiger partial charge in [0.15, 0.2) is 0 Å². The van der Waals surface area contributed by atoms with Gasteiger partial charge in [-0.15, -0.1) is 0 Å². The van der Waals surface area contributed by atoms with Crippen LogP contribution >= 0.6 is 23.2 Å². The largest absolute Gasteiger partial charge is 0.497 e. The molecule has 1 heterocycles. The molecule has 0 saturated carbocycles. The average Bonchev–Trinajstić information content (AvgIpc) is 2.88. The lowest BCUT2D eigenvalue weighted by molar-refractivity contribution is -0.116. The molecule has 1 aliphatic heterocycles. The number of methoxy groups -OCH3 is 1. The van der Waals surface area contributed by atoms with Crippen LogP contribution in [-0.2, 0) is 4.79 Å². The van der Waals surface area contributed by atoms with E-state index in [2.05, 4.69) is 20.9 Å². The van der Waals surface area contributed by atoms with Crippen molar-refractivity contribution in [2.45, 2.75) is 38.1 Å². The molecule has 9 heteroatoms. The number of carbonyl (C=O) groups is 2. The van der Waals surface area contributed by atoms with Crippen molar-refractivity contribution in [2.24, 2.45) is 0 Å². The Morgan fingerprint density at radius 2 is 1.78 bits per heavy atom. The minimum Gasteiger partial charge on any atom is -0.497 e. The van der Waals surface area contributed by atoms with Gasteiger partial charge in [-0.1, -0.05) is 35.7 Å². The van der Waals surface area contributed by atoms with Gasteiger partial charge in [0.2, 0.25) is 5.91 Å². The van der Waals surface area contributed by atoms with Crippen LogP contribution in [0, 0.1) is 0 Å². The number of halogens is 2. The highest BCUT2D eigenvalue weighted by Crippen LogP contribution is 2.23. The summed E-state index contributed by atoms with van der Waals surface area (Å²) in [5.74, 6) is 0.637. The minimum atomic E-state index is -0.174. The van der Waals surface area contributed by atoms with Crippen molar-refractivity contribution in [3.05, 3.63) is 64.1 Å². The molecule has 0 bridgehead atoms. The van der Waals surface area contributed by atoms with Crippen LogP contribution in [0.15, 0.2) is 48.5 Å². The zero-order chi connectivity index (χ0) is 25.8. The predicted octanol–water partition coefficient (Wildman–Crippen LogP) is 5.59. The number of piperidine rings is 1. The Bertz CT molecular complexity index is 1020. The molecule has 1 aliphatic rings. The summed E-state index contributed by atoms with van der Waals surface area (Å²) in [6, 6.07) is 12.5. The molecule has 7 nitrogen and oxygen atoms in total. The summed E-state index contributed by atoms with van der Waals surface area (Å²) in [5.41, 5.74) is 1.57. The van der Waals surface area contributed by atoms with Crippen molar-refractivity contribution in [1.29, 1.82) is 0 Å². The van der Waals surface area contributed by atoms with E-state index in [9.17, 15) is 9.59 Å². The van der Waals surface area contributed by atoms with E-state index in [0.29, 0.717) is 16.6 Å². The molecule has 36 heavy (non-hydrogen) atoms. The van der Waals surface area contributed by atoms with Crippen molar-refractivity contribution in [1.82, 2.24) is 15.5 Å². The first kappa shape index (κ1) is 27.8. The number of nitrogens with one attached hydrogen (secondary N) is 3. The molecule has 3 N–H and O–H groups in total. The fraction of sp³-hybridized carbons (Fsp3) is 0.407. The van der Waals surface area contributed by atoms with Gasteiger partial charge >= 0.3 is 6.03 Å². The molecule has 0 radical (unpaired) electrons.